The molecule has 0 aliphatic rings. The fourth-order valence-electron chi connectivity index (χ4n) is 1.35. The molecule has 0 aromatic carbocycles. The molecule has 3 atom stereocenters. The van der Waals surface area contributed by atoms with Crippen molar-refractivity contribution >= 4 is 28.9 Å². The van der Waals surface area contributed by atoms with Crippen LogP contribution in [0.1, 0.15) is 60.8 Å². The van der Waals surface area contributed by atoms with Crippen molar-refractivity contribution in [1.29, 1.82) is 0 Å². The summed E-state index contributed by atoms with van der Waals surface area (Å²) in [4.78, 5) is 0. The van der Waals surface area contributed by atoms with Crippen LogP contribution in [0.2, 0.25) is 6.55 Å². The van der Waals surface area contributed by atoms with Crippen LogP contribution in [0.15, 0.2) is 0 Å². The molecule has 1 N–H and O–H groups in total. The van der Waals surface area contributed by atoms with Crippen LogP contribution in [0, 0.1) is 0 Å². The molecular formula is C14H36O7SSi2. The van der Waals surface area contributed by atoms with Crippen molar-refractivity contribution in [2.45, 2.75) is 85.7 Å². The van der Waals surface area contributed by atoms with Crippen LogP contribution in [-0.4, -0.2) is 56.3 Å². The summed E-state index contributed by atoms with van der Waals surface area (Å²) in [5.74, 6) is 0. The molecule has 7 nitrogen and oxygen atoms in total. The van der Waals surface area contributed by atoms with E-state index in [1.54, 1.807) is 0 Å². The first kappa shape index (κ1) is 26.4. The van der Waals surface area contributed by atoms with E-state index in [0.717, 1.165) is 19.3 Å². The van der Waals surface area contributed by atoms with Gasteiger partial charge in [-0.05, 0) is 40.0 Å². The first-order valence-corrected chi connectivity index (χ1v) is 14.0. The summed E-state index contributed by atoms with van der Waals surface area (Å²) >= 11 is 0. The summed E-state index contributed by atoms with van der Waals surface area (Å²) in [5, 5.41) is 0. The molecule has 148 valence electrons. The van der Waals surface area contributed by atoms with Gasteiger partial charge in [0.25, 0.3) is 10.1 Å². The van der Waals surface area contributed by atoms with Crippen LogP contribution >= 0.6 is 0 Å². The van der Waals surface area contributed by atoms with E-state index in [0.29, 0.717) is 6.26 Å². The van der Waals surface area contributed by atoms with E-state index in [4.69, 9.17) is 21.9 Å². The zero-order valence-electron chi connectivity index (χ0n) is 16.4. The van der Waals surface area contributed by atoms with Gasteiger partial charge in [0.05, 0.1) is 6.26 Å². The highest BCUT2D eigenvalue weighted by atomic mass is 32.2. The van der Waals surface area contributed by atoms with Crippen molar-refractivity contribution in [3.8, 4) is 0 Å². The average molecular weight is 405 g/mol. The number of hydrogen-bond acceptors (Lipinski definition) is 6. The Morgan fingerprint density at radius 1 is 0.917 bits per heavy atom. The van der Waals surface area contributed by atoms with Gasteiger partial charge in [0, 0.05) is 18.3 Å². The van der Waals surface area contributed by atoms with Crippen molar-refractivity contribution in [3.63, 3.8) is 0 Å². The lowest BCUT2D eigenvalue weighted by Gasteiger charge is -2.34. The van der Waals surface area contributed by atoms with Crippen LogP contribution in [0.4, 0.5) is 0 Å². The van der Waals surface area contributed by atoms with Crippen LogP contribution < -0.4 is 0 Å². The number of rotatable bonds is 11. The van der Waals surface area contributed by atoms with E-state index < -0.39 is 28.9 Å². The lowest BCUT2D eigenvalue weighted by molar-refractivity contribution is -0.0571. The normalized spacial score (nSPS) is 18.5. The predicted octanol–water partition coefficient (Wildman–Crippen LogP) is 2.52. The third-order valence-corrected chi connectivity index (χ3v) is 7.72. The van der Waals surface area contributed by atoms with Gasteiger partial charge in [0.15, 0.2) is 9.76 Å². The minimum absolute atomic E-state index is 0.0975. The minimum Gasteiger partial charge on any atom is -0.400 e. The SMILES string of the molecule is CCC(C)O[Si](O[SiH2]C)(OC(C)CC)OC(C)CC.CS(=O)(=O)O. The van der Waals surface area contributed by atoms with Crippen LogP contribution in [0.25, 0.3) is 0 Å². The van der Waals surface area contributed by atoms with Gasteiger partial charge in [-0.2, -0.15) is 8.42 Å². The van der Waals surface area contributed by atoms with E-state index in [-0.39, 0.29) is 18.3 Å². The summed E-state index contributed by atoms with van der Waals surface area (Å²) in [5.41, 5.74) is 0. The molecule has 0 aliphatic heterocycles. The highest BCUT2D eigenvalue weighted by Gasteiger charge is 2.48. The third-order valence-electron chi connectivity index (χ3n) is 3.08. The fourth-order valence-corrected chi connectivity index (χ4v) is 5.73. The molecule has 0 spiro atoms. The highest BCUT2D eigenvalue weighted by Crippen LogP contribution is 2.21. The summed E-state index contributed by atoms with van der Waals surface area (Å²) in [6.07, 6.45) is 3.79. The molecule has 10 heteroatoms. The molecule has 3 unspecified atom stereocenters. The Labute approximate surface area is 151 Å². The van der Waals surface area contributed by atoms with E-state index >= 15 is 0 Å². The van der Waals surface area contributed by atoms with Gasteiger partial charge in [-0.3, -0.25) is 4.55 Å². The molecule has 0 saturated carbocycles. The highest BCUT2D eigenvalue weighted by molar-refractivity contribution is 7.85. The van der Waals surface area contributed by atoms with Crippen molar-refractivity contribution in [2.24, 2.45) is 0 Å². The summed E-state index contributed by atoms with van der Waals surface area (Å²) in [6.45, 7) is 14.5. The largest absolute Gasteiger partial charge is 0.669 e. The van der Waals surface area contributed by atoms with Crippen LogP contribution in [0.5, 0.6) is 0 Å². The summed E-state index contributed by atoms with van der Waals surface area (Å²) in [6, 6.07) is 0. The molecule has 0 radical (unpaired) electrons. The monoisotopic (exact) mass is 404 g/mol. The Balaban J connectivity index is 0. The average Bonchev–Trinajstić information content (AvgIpc) is 2.45. The first-order chi connectivity index (χ1) is 10.9. The maximum absolute atomic E-state index is 9.19. The molecule has 0 aromatic heterocycles. The third kappa shape index (κ3) is 15.7. The quantitative estimate of drug-likeness (QED) is 0.418. The van der Waals surface area contributed by atoms with Gasteiger partial charge in [0.2, 0.25) is 0 Å². The minimum atomic E-state index is -3.67. The molecule has 0 amide bonds. The maximum Gasteiger partial charge on any atom is 0.669 e. The molecular weight excluding hydrogens is 368 g/mol. The van der Waals surface area contributed by atoms with Gasteiger partial charge >= 0.3 is 9.05 Å². The Morgan fingerprint density at radius 3 is 1.33 bits per heavy atom. The second-order valence-corrected chi connectivity index (χ2v) is 10.6. The summed E-state index contributed by atoms with van der Waals surface area (Å²) < 4.78 is 50.1. The van der Waals surface area contributed by atoms with Gasteiger partial charge in [-0.1, -0.05) is 27.3 Å². The smallest absolute Gasteiger partial charge is 0.400 e. The number of hydrogen-bond donors (Lipinski definition) is 1. The topological polar surface area (TPSA) is 91.3 Å². The molecule has 0 aromatic rings. The van der Waals surface area contributed by atoms with Gasteiger partial charge in [-0.25, -0.2) is 0 Å². The van der Waals surface area contributed by atoms with Crippen molar-refractivity contribution < 1.29 is 30.4 Å². The second kappa shape index (κ2) is 13.4. The molecule has 24 heavy (non-hydrogen) atoms. The second-order valence-electron chi connectivity index (χ2n) is 5.68. The molecule has 0 saturated heterocycles. The Kier molecular flexibility index (Phi) is 14.7. The van der Waals surface area contributed by atoms with E-state index in [1.807, 2.05) is 20.8 Å². The van der Waals surface area contributed by atoms with Crippen molar-refractivity contribution in [3.05, 3.63) is 0 Å². The lowest BCUT2D eigenvalue weighted by Crippen LogP contribution is -2.54. The van der Waals surface area contributed by atoms with Crippen LogP contribution in [-0.2, 0) is 27.5 Å². The zero-order valence-corrected chi connectivity index (χ0v) is 19.6. The molecule has 0 heterocycles. The standard InChI is InChI=1S/C13H32O4Si2.CH4O3S/c1-8-11(4)14-19(17-18-7,15-12(5)9-2)16-13(6)10-3;1-5(2,3)4/h11-13H,8-10,18H2,1-7H3;1H3,(H,2,3,4). The van der Waals surface area contributed by atoms with Crippen molar-refractivity contribution in [2.75, 3.05) is 6.26 Å². The Morgan fingerprint density at radius 2 is 1.17 bits per heavy atom. The lowest BCUT2D eigenvalue weighted by atomic mass is 10.3. The van der Waals surface area contributed by atoms with E-state index in [2.05, 4.69) is 27.3 Å². The molecule has 0 aliphatic carbocycles. The Bertz CT molecular complexity index is 367. The van der Waals surface area contributed by atoms with Gasteiger partial charge in [0.1, 0.15) is 0 Å². The predicted molar refractivity (Wildman–Crippen MR) is 101 cm³/mol. The van der Waals surface area contributed by atoms with Gasteiger partial charge in [-0.15, -0.1) is 0 Å². The van der Waals surface area contributed by atoms with E-state index in [9.17, 15) is 8.42 Å². The fraction of sp³-hybridized carbons (Fsp3) is 1.00. The van der Waals surface area contributed by atoms with E-state index in [1.165, 1.54) is 0 Å². The summed E-state index contributed by atoms with van der Waals surface area (Å²) in [7, 11) is -7.31. The molecule has 0 bridgehead atoms. The first-order valence-electron chi connectivity index (χ1n) is 8.52. The molecule has 0 fully saturated rings. The van der Waals surface area contributed by atoms with Crippen molar-refractivity contribution in [1.82, 2.24) is 0 Å². The zero-order chi connectivity index (χ0) is 19.4. The Hall–Kier alpha value is 0.184. The van der Waals surface area contributed by atoms with Crippen LogP contribution in [0.3, 0.4) is 0 Å². The molecule has 0 rings (SSSR count). The maximum atomic E-state index is 9.19. The van der Waals surface area contributed by atoms with Gasteiger partial charge < -0.3 is 17.4 Å².